The number of ketones is 1. The first-order valence-electron chi connectivity index (χ1n) is 8.52. The van der Waals surface area contributed by atoms with E-state index >= 15 is 0 Å². The molecule has 0 amide bonds. The molecule has 2 heterocycles. The van der Waals surface area contributed by atoms with E-state index in [4.69, 9.17) is 9.94 Å². The van der Waals surface area contributed by atoms with Crippen molar-refractivity contribution in [2.24, 2.45) is 5.16 Å². The Balaban J connectivity index is 0.00000210. The van der Waals surface area contributed by atoms with Gasteiger partial charge in [0.05, 0.1) is 5.56 Å². The molecule has 0 saturated heterocycles. The number of aromatic nitrogens is 2. The van der Waals surface area contributed by atoms with Crippen LogP contribution in [0.3, 0.4) is 0 Å². The third-order valence-corrected chi connectivity index (χ3v) is 4.15. The van der Waals surface area contributed by atoms with Crippen molar-refractivity contribution in [2.45, 2.75) is 20.4 Å². The van der Waals surface area contributed by atoms with Crippen LogP contribution >= 0.6 is 0 Å². The smallest absolute Gasteiger partial charge is 0.258 e. The molecule has 0 unspecified atom stereocenters. The number of ether oxygens (including phenoxy) is 1. The minimum atomic E-state index is -0.0127. The molecule has 6 nitrogen and oxygen atoms in total. The van der Waals surface area contributed by atoms with Crippen molar-refractivity contribution in [2.75, 3.05) is 0 Å². The van der Waals surface area contributed by atoms with Gasteiger partial charge in [0.1, 0.15) is 6.21 Å². The predicted octanol–water partition coefficient (Wildman–Crippen LogP) is -3.75. The molecule has 0 fully saturated rings. The summed E-state index contributed by atoms with van der Waals surface area (Å²) in [5, 5.41) is 11.8. The molecule has 152 valence electrons. The number of aryl methyl sites for hydroxylation is 1. The highest BCUT2D eigenvalue weighted by Gasteiger charge is 2.15. The number of rotatable bonds is 7. The minimum absolute atomic E-state index is 0. The van der Waals surface area contributed by atoms with Crippen molar-refractivity contribution in [1.29, 1.82) is 0 Å². The van der Waals surface area contributed by atoms with Gasteiger partial charge in [0.25, 0.3) is 13.5 Å². The Kier molecular flexibility index (Phi) is 10.9. The quantitative estimate of drug-likeness (QED) is 0.0741. The monoisotopic (exact) mass is 617 g/mol. The Morgan fingerprint density at radius 3 is 2.55 bits per heavy atom. The Morgan fingerprint density at radius 2 is 1.79 bits per heavy atom. The summed E-state index contributed by atoms with van der Waals surface area (Å²) in [5.41, 5.74) is 2.97. The van der Waals surface area contributed by atoms with E-state index < -0.39 is 0 Å². The second-order valence-corrected chi connectivity index (χ2v) is 6.05. The van der Waals surface area contributed by atoms with E-state index in [1.165, 1.54) is 6.21 Å². The number of carbonyl (C=O) groups excluding carboxylic acids is 1. The van der Waals surface area contributed by atoms with Gasteiger partial charge in [0.2, 0.25) is 5.69 Å². The zero-order valence-corrected chi connectivity index (χ0v) is 20.1. The van der Waals surface area contributed by atoms with Crippen molar-refractivity contribution in [3.05, 3.63) is 95.6 Å². The molecule has 3 aromatic rings. The topological polar surface area (TPSA) is 66.7 Å². The van der Waals surface area contributed by atoms with E-state index in [1.54, 1.807) is 12.3 Å². The molecule has 8 heteroatoms. The third-order valence-electron chi connectivity index (χ3n) is 4.15. The van der Waals surface area contributed by atoms with Gasteiger partial charge in [-0.1, -0.05) is 29.4 Å². The molecule has 0 atom stereocenters. The fourth-order valence-electron chi connectivity index (χ4n) is 2.75. The van der Waals surface area contributed by atoms with Gasteiger partial charge in [-0.25, -0.2) is 0 Å². The molecule has 0 bridgehead atoms. The normalized spacial score (nSPS) is 10.2. The van der Waals surface area contributed by atoms with E-state index in [0.717, 1.165) is 5.56 Å². The summed E-state index contributed by atoms with van der Waals surface area (Å²) < 4.78 is 9.35. The summed E-state index contributed by atoms with van der Waals surface area (Å²) in [7, 11) is 0. The van der Waals surface area contributed by atoms with Crippen LogP contribution in [-0.4, -0.2) is 17.2 Å². The maximum atomic E-state index is 12.7. The first-order chi connectivity index (χ1) is 13.2. The fourth-order valence-corrected chi connectivity index (χ4v) is 2.75. The molecule has 0 aliphatic heterocycles. The van der Waals surface area contributed by atoms with Gasteiger partial charge in [-0.2, -0.15) is 9.13 Å². The van der Waals surface area contributed by atoms with Gasteiger partial charge in [-0.3, -0.25) is 9.53 Å². The molecule has 1 N–H and O–H groups in total. The van der Waals surface area contributed by atoms with Crippen LogP contribution in [0.4, 0.5) is 0 Å². The molecule has 0 radical (unpaired) electrons. The number of halogens is 2. The maximum Gasteiger partial charge on any atom is 0.258 e. The van der Waals surface area contributed by atoms with E-state index in [2.05, 4.69) is 5.16 Å². The zero-order valence-electron chi connectivity index (χ0n) is 15.8. The second-order valence-electron chi connectivity index (χ2n) is 6.05. The average molecular weight is 617 g/mol. The first-order valence-corrected chi connectivity index (χ1v) is 8.52. The number of nitrogens with zero attached hydrogens (tertiary/aromatic N) is 3. The lowest BCUT2D eigenvalue weighted by Gasteiger charge is -2.04. The summed E-state index contributed by atoms with van der Waals surface area (Å²) in [5.74, 6) is -0.0127. The molecule has 2 aromatic heterocycles. The SMILES string of the molecule is Cc1ccccc1C(=O)c1ccc[n+](COC[n+]2ccccc2C=NO)c1.[I-].[I-]. The van der Waals surface area contributed by atoms with Crippen LogP contribution in [-0.2, 0) is 18.2 Å². The molecule has 1 aromatic carbocycles. The lowest BCUT2D eigenvalue weighted by molar-refractivity contribution is -0.788. The van der Waals surface area contributed by atoms with Crippen LogP contribution in [0.5, 0.6) is 0 Å². The Labute approximate surface area is 203 Å². The van der Waals surface area contributed by atoms with Gasteiger partial charge in [0, 0.05) is 23.8 Å². The van der Waals surface area contributed by atoms with E-state index in [-0.39, 0.29) is 67.2 Å². The van der Waals surface area contributed by atoms with Crippen LogP contribution in [0.2, 0.25) is 0 Å². The minimum Gasteiger partial charge on any atom is -1.00 e. The van der Waals surface area contributed by atoms with Crippen molar-refractivity contribution in [3.63, 3.8) is 0 Å². The van der Waals surface area contributed by atoms with Gasteiger partial charge < -0.3 is 53.2 Å². The van der Waals surface area contributed by atoms with Gasteiger partial charge in [-0.15, -0.1) is 0 Å². The number of carbonyl (C=O) groups is 1. The number of oxime groups is 1. The van der Waals surface area contributed by atoms with Crippen molar-refractivity contribution >= 4 is 12.0 Å². The average Bonchev–Trinajstić information content (AvgIpc) is 2.70. The van der Waals surface area contributed by atoms with E-state index in [9.17, 15) is 4.79 Å². The summed E-state index contributed by atoms with van der Waals surface area (Å²) in [6, 6.07) is 16.7. The second kappa shape index (κ2) is 12.6. The molecular weight excluding hydrogens is 596 g/mol. The molecule has 0 spiro atoms. The van der Waals surface area contributed by atoms with Crippen molar-refractivity contribution in [3.8, 4) is 0 Å². The molecule has 0 aliphatic carbocycles. The molecule has 0 aliphatic rings. The summed E-state index contributed by atoms with van der Waals surface area (Å²) in [4.78, 5) is 12.7. The number of hydrogen-bond donors (Lipinski definition) is 1. The lowest BCUT2D eigenvalue weighted by Crippen LogP contribution is -3.00. The van der Waals surface area contributed by atoms with E-state index in [1.807, 2.05) is 77.0 Å². The molecule has 0 saturated carbocycles. The highest BCUT2D eigenvalue weighted by molar-refractivity contribution is 6.09. The highest BCUT2D eigenvalue weighted by Crippen LogP contribution is 2.12. The van der Waals surface area contributed by atoms with Crippen molar-refractivity contribution in [1.82, 2.24) is 0 Å². The molecule has 3 rings (SSSR count). The van der Waals surface area contributed by atoms with Crippen molar-refractivity contribution < 1.29 is 71.8 Å². The Bertz CT molecular complexity index is 981. The lowest BCUT2D eigenvalue weighted by atomic mass is 10.0. The number of pyridine rings is 2. The van der Waals surface area contributed by atoms with Crippen LogP contribution in [0, 0.1) is 6.92 Å². The van der Waals surface area contributed by atoms with E-state index in [0.29, 0.717) is 16.8 Å². The van der Waals surface area contributed by atoms with Crippen LogP contribution in [0.1, 0.15) is 27.2 Å². The largest absolute Gasteiger partial charge is 1.00 e. The standard InChI is InChI=1S/C21H20N3O3.2HI/c1-17-7-2-3-10-20(17)21(25)18-8-6-11-23(14-18)15-27-16-24-12-5-4-9-19(24)13-22-26;;/h2-14H,15-16H2,1H3;2*1H/q+1;;/p-1. The zero-order chi connectivity index (χ0) is 19.1. The predicted molar refractivity (Wildman–Crippen MR) is 98.4 cm³/mol. The highest BCUT2D eigenvalue weighted by atomic mass is 127. The van der Waals surface area contributed by atoms with Crippen LogP contribution < -0.4 is 57.1 Å². The Hall–Kier alpha value is -1.92. The van der Waals surface area contributed by atoms with Crippen LogP contribution in [0.15, 0.2) is 78.3 Å². The molecular formula is C21H21I2N3O3. The summed E-state index contributed by atoms with van der Waals surface area (Å²) in [6.45, 7) is 2.50. The number of benzene rings is 1. The van der Waals surface area contributed by atoms with Gasteiger partial charge in [-0.05, 0) is 24.6 Å². The number of hydrogen-bond acceptors (Lipinski definition) is 4. The first kappa shape index (κ1) is 25.1. The maximum absolute atomic E-state index is 12.7. The van der Waals surface area contributed by atoms with Crippen LogP contribution in [0.25, 0.3) is 0 Å². The third kappa shape index (κ3) is 6.82. The molecule has 29 heavy (non-hydrogen) atoms. The summed E-state index contributed by atoms with van der Waals surface area (Å²) >= 11 is 0. The Morgan fingerprint density at radius 1 is 1.03 bits per heavy atom. The fraction of sp³-hybridized carbons (Fsp3) is 0.143. The van der Waals surface area contributed by atoms with Gasteiger partial charge >= 0.3 is 0 Å². The summed E-state index contributed by atoms with van der Waals surface area (Å²) in [6.07, 6.45) is 6.80. The van der Waals surface area contributed by atoms with Gasteiger partial charge in [0.15, 0.2) is 24.4 Å².